The molecule has 25 heavy (non-hydrogen) atoms. The van der Waals surface area contributed by atoms with Crippen molar-refractivity contribution >= 4 is 21.1 Å². The normalized spacial score (nSPS) is 13.3. The molecule has 2 aromatic carbocycles. The van der Waals surface area contributed by atoms with E-state index in [0.29, 0.717) is 11.3 Å². The summed E-state index contributed by atoms with van der Waals surface area (Å²) in [6.45, 7) is 5.64. The van der Waals surface area contributed by atoms with Crippen LogP contribution in [0.2, 0.25) is 0 Å². The molecule has 0 amide bonds. The van der Waals surface area contributed by atoms with Gasteiger partial charge in [0.15, 0.2) is 5.52 Å². The van der Waals surface area contributed by atoms with Crippen LogP contribution >= 0.6 is 0 Å². The van der Waals surface area contributed by atoms with Crippen LogP contribution < -0.4 is 9.46 Å². The van der Waals surface area contributed by atoms with E-state index in [2.05, 4.69) is 19.7 Å². The average molecular weight is 361 g/mol. The summed E-state index contributed by atoms with van der Waals surface area (Å²) in [5.74, 6) is 0.696. The molecular weight excluding hydrogens is 342 g/mol. The molecule has 1 aromatic heterocycles. The van der Waals surface area contributed by atoms with Gasteiger partial charge < -0.3 is 4.74 Å². The van der Waals surface area contributed by atoms with Gasteiger partial charge in [-0.3, -0.25) is 0 Å². The monoisotopic (exact) mass is 361 g/mol. The van der Waals surface area contributed by atoms with Crippen LogP contribution in [-0.2, 0) is 10.0 Å². The molecule has 1 N–H and O–H groups in total. The van der Waals surface area contributed by atoms with Crippen molar-refractivity contribution in [3.63, 3.8) is 0 Å². The highest BCUT2D eigenvalue weighted by atomic mass is 32.2. The number of hydrogen-bond donors (Lipinski definition) is 1. The zero-order valence-corrected chi connectivity index (χ0v) is 14.9. The van der Waals surface area contributed by atoms with E-state index in [1.54, 1.807) is 19.1 Å². The molecule has 0 bridgehead atoms. The summed E-state index contributed by atoms with van der Waals surface area (Å²) in [4.78, 5) is 0.0349. The van der Waals surface area contributed by atoms with E-state index in [0.717, 1.165) is 5.56 Å². The Bertz CT molecular complexity index is 982. The summed E-state index contributed by atoms with van der Waals surface area (Å²) >= 11 is 0. The highest BCUT2D eigenvalue weighted by molar-refractivity contribution is 7.89. The van der Waals surface area contributed by atoms with E-state index in [4.69, 9.17) is 4.74 Å². The molecule has 3 rings (SSSR count). The van der Waals surface area contributed by atoms with Gasteiger partial charge in [-0.05, 0) is 60.9 Å². The SMILES string of the molecule is CC(C)Oc1cccc([C@@H](C)NS(=O)(=O)c2cccc3nonc23)c1. The first-order chi connectivity index (χ1) is 11.9. The Kier molecular flexibility index (Phi) is 4.73. The summed E-state index contributed by atoms with van der Waals surface area (Å²) < 4.78 is 38.4. The van der Waals surface area contributed by atoms with Crippen molar-refractivity contribution in [3.8, 4) is 5.75 Å². The van der Waals surface area contributed by atoms with Gasteiger partial charge >= 0.3 is 0 Å². The lowest BCUT2D eigenvalue weighted by Gasteiger charge is -2.16. The Morgan fingerprint density at radius 1 is 1.08 bits per heavy atom. The molecular formula is C17H19N3O4S. The number of aromatic nitrogens is 2. The lowest BCUT2D eigenvalue weighted by atomic mass is 10.1. The zero-order valence-electron chi connectivity index (χ0n) is 14.1. The lowest BCUT2D eigenvalue weighted by molar-refractivity contribution is 0.242. The summed E-state index contributed by atoms with van der Waals surface area (Å²) in [6.07, 6.45) is 0.0412. The molecule has 0 saturated heterocycles. The van der Waals surface area contributed by atoms with Crippen molar-refractivity contribution in [2.75, 3.05) is 0 Å². The first-order valence-corrected chi connectivity index (χ1v) is 9.35. The number of hydrogen-bond acceptors (Lipinski definition) is 6. The molecule has 0 fully saturated rings. The summed E-state index contributed by atoms with van der Waals surface area (Å²) in [5, 5.41) is 7.36. The van der Waals surface area contributed by atoms with Crippen LogP contribution in [0.3, 0.4) is 0 Å². The maximum absolute atomic E-state index is 12.7. The number of ether oxygens (including phenoxy) is 1. The van der Waals surface area contributed by atoms with E-state index in [9.17, 15) is 8.42 Å². The van der Waals surface area contributed by atoms with Gasteiger partial charge in [-0.25, -0.2) is 17.8 Å². The van der Waals surface area contributed by atoms with Crippen LogP contribution in [0.4, 0.5) is 0 Å². The Labute approximate surface area is 146 Å². The van der Waals surface area contributed by atoms with E-state index >= 15 is 0 Å². The zero-order chi connectivity index (χ0) is 18.0. The topological polar surface area (TPSA) is 94.3 Å². The molecule has 0 unspecified atom stereocenters. The second kappa shape index (κ2) is 6.81. The van der Waals surface area contributed by atoms with Crippen LogP contribution in [0.1, 0.15) is 32.4 Å². The van der Waals surface area contributed by atoms with Gasteiger partial charge in [0, 0.05) is 6.04 Å². The number of benzene rings is 2. The molecule has 0 aliphatic rings. The molecule has 0 radical (unpaired) electrons. The van der Waals surface area contributed by atoms with Gasteiger partial charge in [0.1, 0.15) is 16.2 Å². The van der Waals surface area contributed by atoms with E-state index in [-0.39, 0.29) is 16.5 Å². The number of fused-ring (bicyclic) bond motifs is 1. The smallest absolute Gasteiger partial charge is 0.243 e. The largest absolute Gasteiger partial charge is 0.491 e. The fourth-order valence-electron chi connectivity index (χ4n) is 2.49. The van der Waals surface area contributed by atoms with Crippen LogP contribution in [-0.4, -0.2) is 24.8 Å². The number of nitrogens with zero attached hydrogens (tertiary/aromatic N) is 2. The molecule has 1 atom stereocenters. The fourth-order valence-corrected chi connectivity index (χ4v) is 3.87. The van der Waals surface area contributed by atoms with Crippen molar-refractivity contribution in [2.45, 2.75) is 37.8 Å². The van der Waals surface area contributed by atoms with Gasteiger partial charge in [0.2, 0.25) is 10.0 Å². The minimum Gasteiger partial charge on any atom is -0.491 e. The lowest BCUT2D eigenvalue weighted by Crippen LogP contribution is -2.27. The van der Waals surface area contributed by atoms with Crippen LogP contribution in [0.15, 0.2) is 52.0 Å². The van der Waals surface area contributed by atoms with Crippen molar-refractivity contribution < 1.29 is 17.8 Å². The van der Waals surface area contributed by atoms with Crippen molar-refractivity contribution in [2.24, 2.45) is 0 Å². The van der Waals surface area contributed by atoms with E-state index in [1.165, 1.54) is 6.07 Å². The van der Waals surface area contributed by atoms with Crippen molar-refractivity contribution in [1.82, 2.24) is 15.0 Å². The summed E-state index contributed by atoms with van der Waals surface area (Å²) in [7, 11) is -3.79. The van der Waals surface area contributed by atoms with Crippen LogP contribution in [0.5, 0.6) is 5.75 Å². The first-order valence-electron chi connectivity index (χ1n) is 7.87. The van der Waals surface area contributed by atoms with Crippen molar-refractivity contribution in [3.05, 3.63) is 48.0 Å². The Balaban J connectivity index is 1.87. The number of rotatable bonds is 6. The molecule has 0 saturated carbocycles. The van der Waals surface area contributed by atoms with Crippen LogP contribution in [0.25, 0.3) is 11.0 Å². The standard InChI is InChI=1S/C17H19N3O4S/c1-11(2)23-14-7-4-6-13(10-14)12(3)20-25(21,22)16-9-5-8-15-17(16)19-24-18-15/h4-12,20H,1-3H3/t12-/m1/s1. The maximum Gasteiger partial charge on any atom is 0.243 e. The molecule has 1 heterocycles. The highest BCUT2D eigenvalue weighted by Crippen LogP contribution is 2.24. The molecule has 0 aliphatic carbocycles. The second-order valence-electron chi connectivity index (χ2n) is 5.97. The minimum absolute atomic E-state index is 0.0349. The minimum atomic E-state index is -3.79. The molecule has 0 aliphatic heterocycles. The molecule has 7 nitrogen and oxygen atoms in total. The quantitative estimate of drug-likeness (QED) is 0.725. The third-order valence-corrected chi connectivity index (χ3v) is 5.17. The molecule has 0 spiro atoms. The molecule has 132 valence electrons. The summed E-state index contributed by atoms with van der Waals surface area (Å²) in [6, 6.07) is 11.6. The predicted octanol–water partition coefficient (Wildman–Crippen LogP) is 3.05. The Hall–Kier alpha value is -2.45. The average Bonchev–Trinajstić information content (AvgIpc) is 3.02. The third kappa shape index (κ3) is 3.80. The Morgan fingerprint density at radius 2 is 1.84 bits per heavy atom. The molecule has 8 heteroatoms. The first kappa shape index (κ1) is 17.4. The number of nitrogens with one attached hydrogen (secondary N) is 1. The van der Waals surface area contributed by atoms with Gasteiger partial charge in [-0.1, -0.05) is 18.2 Å². The van der Waals surface area contributed by atoms with E-state index < -0.39 is 16.1 Å². The summed E-state index contributed by atoms with van der Waals surface area (Å²) in [5.41, 5.74) is 1.40. The molecule has 3 aromatic rings. The second-order valence-corrected chi connectivity index (χ2v) is 7.65. The third-order valence-electron chi connectivity index (χ3n) is 3.60. The Morgan fingerprint density at radius 3 is 2.60 bits per heavy atom. The van der Waals surface area contributed by atoms with Crippen molar-refractivity contribution in [1.29, 1.82) is 0 Å². The maximum atomic E-state index is 12.7. The highest BCUT2D eigenvalue weighted by Gasteiger charge is 2.23. The fraction of sp³-hybridized carbons (Fsp3) is 0.294. The van der Waals surface area contributed by atoms with Gasteiger partial charge in [0.05, 0.1) is 6.10 Å². The van der Waals surface area contributed by atoms with E-state index in [1.807, 2.05) is 38.1 Å². The number of sulfonamides is 1. The van der Waals surface area contributed by atoms with Gasteiger partial charge in [-0.2, -0.15) is 0 Å². The van der Waals surface area contributed by atoms with Gasteiger partial charge in [-0.15, -0.1) is 0 Å². The predicted molar refractivity (Wildman–Crippen MR) is 92.7 cm³/mol. The van der Waals surface area contributed by atoms with Gasteiger partial charge in [0.25, 0.3) is 0 Å². The van der Waals surface area contributed by atoms with Crippen LogP contribution in [0, 0.1) is 0 Å².